The van der Waals surface area contributed by atoms with Gasteiger partial charge in [0.1, 0.15) is 0 Å². The van der Waals surface area contributed by atoms with Gasteiger partial charge in [-0.3, -0.25) is 14.4 Å². The van der Waals surface area contributed by atoms with Crippen LogP contribution >= 0.6 is 23.5 Å². The standard InChI is InChI=1S/C34H47N7O3S2/c1-6-30(24-11-9-8-10-12-24)39-33(43)26-15-25(16-29(17-26)41(5)46-40(3)4)32(42)38-27(18-28-21-45-22-37-28)20-35-31(7-2)34(44)36-19-23-13-14-23/h8-12,15-17,21-23,27,30-31,35H,6-7,13-14,18-20H2,1-5H3,(H,36,44)(H,38,42)(H,39,43)/t27-,30+,31-/m0/s1. The molecule has 3 amide bonds. The van der Waals surface area contributed by atoms with Crippen LogP contribution in [0.15, 0.2) is 59.4 Å². The van der Waals surface area contributed by atoms with Crippen LogP contribution < -0.4 is 25.6 Å². The fourth-order valence-corrected chi connectivity index (χ4v) is 6.39. The Kier molecular flexibility index (Phi) is 13.4. The van der Waals surface area contributed by atoms with Crippen molar-refractivity contribution in [3.8, 4) is 0 Å². The van der Waals surface area contributed by atoms with E-state index < -0.39 is 0 Å². The lowest BCUT2D eigenvalue weighted by atomic mass is 10.0. The van der Waals surface area contributed by atoms with E-state index in [4.69, 9.17) is 0 Å². The third kappa shape index (κ3) is 10.8. The Balaban J connectivity index is 1.54. The second-order valence-electron chi connectivity index (χ2n) is 11.9. The first-order valence-corrected chi connectivity index (χ1v) is 17.6. The van der Waals surface area contributed by atoms with Crippen molar-refractivity contribution < 1.29 is 14.4 Å². The summed E-state index contributed by atoms with van der Waals surface area (Å²) >= 11 is 2.96. The monoisotopic (exact) mass is 665 g/mol. The van der Waals surface area contributed by atoms with E-state index in [2.05, 4.69) is 26.3 Å². The van der Waals surface area contributed by atoms with E-state index in [0.29, 0.717) is 43.0 Å². The first kappa shape index (κ1) is 35.4. The summed E-state index contributed by atoms with van der Waals surface area (Å²) in [5.74, 6) is 0.0297. The van der Waals surface area contributed by atoms with Gasteiger partial charge >= 0.3 is 0 Å². The molecule has 12 heteroatoms. The summed E-state index contributed by atoms with van der Waals surface area (Å²) in [5.41, 5.74) is 5.15. The smallest absolute Gasteiger partial charge is 0.251 e. The lowest BCUT2D eigenvalue weighted by molar-refractivity contribution is -0.123. The van der Waals surface area contributed by atoms with Crippen LogP contribution in [0, 0.1) is 5.92 Å². The number of aromatic nitrogens is 1. The van der Waals surface area contributed by atoms with Crippen LogP contribution in [0.3, 0.4) is 0 Å². The zero-order valence-electron chi connectivity index (χ0n) is 27.4. The maximum absolute atomic E-state index is 13.9. The van der Waals surface area contributed by atoms with Gasteiger partial charge < -0.3 is 25.6 Å². The predicted octanol–water partition coefficient (Wildman–Crippen LogP) is 4.82. The van der Waals surface area contributed by atoms with Gasteiger partial charge in [0.15, 0.2) is 0 Å². The number of carbonyl (C=O) groups is 3. The number of hydrogen-bond acceptors (Lipinski definition) is 9. The summed E-state index contributed by atoms with van der Waals surface area (Å²) in [4.78, 5) is 44.8. The molecule has 0 aliphatic heterocycles. The molecule has 1 heterocycles. The fraction of sp³-hybridized carbons (Fsp3) is 0.471. The molecule has 4 N–H and O–H groups in total. The number of hydrogen-bond donors (Lipinski definition) is 4. The zero-order valence-corrected chi connectivity index (χ0v) is 29.0. The minimum absolute atomic E-state index is 0.0150. The molecule has 10 nitrogen and oxygen atoms in total. The molecule has 0 radical (unpaired) electrons. The topological polar surface area (TPSA) is 119 Å². The highest BCUT2D eigenvalue weighted by Crippen LogP contribution is 2.28. The Morgan fingerprint density at radius 2 is 1.67 bits per heavy atom. The highest BCUT2D eigenvalue weighted by Gasteiger charge is 2.25. The maximum Gasteiger partial charge on any atom is 0.251 e. The Morgan fingerprint density at radius 1 is 0.978 bits per heavy atom. The average Bonchev–Trinajstić information content (AvgIpc) is 3.75. The van der Waals surface area contributed by atoms with Crippen LogP contribution in [-0.2, 0) is 11.2 Å². The number of benzene rings is 2. The Bertz CT molecular complexity index is 1420. The molecule has 4 rings (SSSR count). The Morgan fingerprint density at radius 3 is 2.26 bits per heavy atom. The van der Waals surface area contributed by atoms with E-state index in [1.54, 1.807) is 23.7 Å². The summed E-state index contributed by atoms with van der Waals surface area (Å²) in [6.07, 6.45) is 4.20. The number of nitrogens with one attached hydrogen (secondary N) is 4. The average molecular weight is 666 g/mol. The second kappa shape index (κ2) is 17.5. The van der Waals surface area contributed by atoms with Gasteiger partial charge in [0.2, 0.25) is 5.91 Å². The highest BCUT2D eigenvalue weighted by atomic mass is 32.2. The van der Waals surface area contributed by atoms with Crippen molar-refractivity contribution in [2.75, 3.05) is 38.5 Å². The van der Waals surface area contributed by atoms with Gasteiger partial charge in [-0.1, -0.05) is 44.2 Å². The number of anilines is 1. The molecular weight excluding hydrogens is 619 g/mol. The molecule has 1 fully saturated rings. The van der Waals surface area contributed by atoms with Gasteiger partial charge in [0.25, 0.3) is 11.8 Å². The van der Waals surface area contributed by atoms with E-state index in [1.807, 2.05) is 79.3 Å². The zero-order chi connectivity index (χ0) is 33.1. The first-order chi connectivity index (χ1) is 22.2. The predicted molar refractivity (Wildman–Crippen MR) is 188 cm³/mol. The van der Waals surface area contributed by atoms with E-state index in [9.17, 15) is 14.4 Å². The Labute approximate surface area is 281 Å². The molecule has 0 unspecified atom stereocenters. The molecule has 3 atom stereocenters. The Hall–Kier alpha value is -3.45. The van der Waals surface area contributed by atoms with Gasteiger partial charge in [0, 0.05) is 66.9 Å². The summed E-state index contributed by atoms with van der Waals surface area (Å²) < 4.78 is 3.86. The van der Waals surface area contributed by atoms with Crippen LogP contribution in [0.5, 0.6) is 0 Å². The van der Waals surface area contributed by atoms with Crippen LogP contribution in [0.4, 0.5) is 5.69 Å². The second-order valence-corrected chi connectivity index (χ2v) is 14.1. The molecule has 46 heavy (non-hydrogen) atoms. The highest BCUT2D eigenvalue weighted by molar-refractivity contribution is 7.98. The van der Waals surface area contributed by atoms with Crippen LogP contribution in [-0.4, -0.2) is 73.3 Å². The van der Waals surface area contributed by atoms with E-state index in [1.165, 1.54) is 36.3 Å². The van der Waals surface area contributed by atoms with Crippen molar-refractivity contribution in [3.63, 3.8) is 0 Å². The molecule has 0 spiro atoms. The number of amides is 3. The van der Waals surface area contributed by atoms with Crippen molar-refractivity contribution in [3.05, 3.63) is 81.8 Å². The largest absolute Gasteiger partial charge is 0.354 e. The van der Waals surface area contributed by atoms with Crippen molar-refractivity contribution in [2.45, 2.75) is 64.1 Å². The van der Waals surface area contributed by atoms with Gasteiger partial charge in [-0.15, -0.1) is 11.3 Å². The minimum Gasteiger partial charge on any atom is -0.354 e. The van der Waals surface area contributed by atoms with Crippen molar-refractivity contribution in [1.29, 1.82) is 0 Å². The summed E-state index contributed by atoms with van der Waals surface area (Å²) in [7, 11) is 5.77. The van der Waals surface area contributed by atoms with E-state index >= 15 is 0 Å². The van der Waals surface area contributed by atoms with Crippen molar-refractivity contribution in [2.24, 2.45) is 5.92 Å². The molecular formula is C34H47N7O3S2. The van der Waals surface area contributed by atoms with Gasteiger partial charge in [-0.2, -0.15) is 0 Å². The molecule has 3 aromatic rings. The molecule has 0 saturated heterocycles. The molecule has 248 valence electrons. The molecule has 1 aromatic heterocycles. The minimum atomic E-state index is -0.361. The summed E-state index contributed by atoms with van der Waals surface area (Å²) in [6.45, 7) is 5.11. The molecule has 1 aliphatic rings. The number of carbonyl (C=O) groups excluding carboxylic acids is 3. The van der Waals surface area contributed by atoms with Crippen molar-refractivity contribution in [1.82, 2.24) is 30.6 Å². The van der Waals surface area contributed by atoms with Gasteiger partial charge in [-0.05, 0) is 69.5 Å². The van der Waals surface area contributed by atoms with E-state index in [0.717, 1.165) is 23.4 Å². The van der Waals surface area contributed by atoms with Gasteiger partial charge in [-0.25, -0.2) is 9.29 Å². The fourth-order valence-electron chi connectivity index (χ4n) is 5.13. The maximum atomic E-state index is 13.9. The first-order valence-electron chi connectivity index (χ1n) is 16.0. The van der Waals surface area contributed by atoms with Crippen molar-refractivity contribution >= 4 is 46.9 Å². The van der Waals surface area contributed by atoms with Crippen LogP contribution in [0.25, 0.3) is 0 Å². The van der Waals surface area contributed by atoms with E-state index in [-0.39, 0.29) is 35.8 Å². The lowest BCUT2D eigenvalue weighted by Crippen LogP contribution is -2.50. The number of rotatable bonds is 18. The van der Waals surface area contributed by atoms with Gasteiger partial charge in [0.05, 0.1) is 23.3 Å². The molecule has 1 aliphatic carbocycles. The number of nitrogens with zero attached hydrogens (tertiary/aromatic N) is 3. The summed E-state index contributed by atoms with van der Waals surface area (Å²) in [6, 6.07) is 14.3. The normalized spacial score (nSPS) is 14.7. The third-order valence-electron chi connectivity index (χ3n) is 7.88. The molecule has 1 saturated carbocycles. The molecule has 2 aromatic carbocycles. The third-order valence-corrected chi connectivity index (χ3v) is 9.30. The number of thiazole rings is 1. The lowest BCUT2D eigenvalue weighted by Gasteiger charge is -2.24. The molecule has 0 bridgehead atoms. The SMILES string of the molecule is CC[C@H](NC[C@H](Cc1cscn1)NC(=O)c1cc(C(=O)N[C@H](CC)c2ccccc2)cc(N(C)SN(C)C)c1)C(=O)NCC1CC1. The summed E-state index contributed by atoms with van der Waals surface area (Å²) in [5, 5.41) is 14.7. The quantitative estimate of drug-likeness (QED) is 0.143. The van der Waals surface area contributed by atoms with Crippen LogP contribution in [0.1, 0.15) is 77.5 Å². The van der Waals surface area contributed by atoms with Crippen LogP contribution in [0.2, 0.25) is 0 Å².